The van der Waals surface area contributed by atoms with E-state index in [1.165, 1.54) is 17.7 Å². The van der Waals surface area contributed by atoms with E-state index < -0.39 is 0 Å². The second kappa shape index (κ2) is 5.64. The number of nitrogens with zero attached hydrogens (tertiary/aromatic N) is 3. The first-order chi connectivity index (χ1) is 11.2. The number of hydrogen-bond acceptors (Lipinski definition) is 2. The van der Waals surface area contributed by atoms with Gasteiger partial charge >= 0.3 is 0 Å². The lowest BCUT2D eigenvalue weighted by Gasteiger charge is -2.21. The Morgan fingerprint density at radius 1 is 1.26 bits per heavy atom. The molecule has 1 atom stereocenters. The van der Waals surface area contributed by atoms with Crippen molar-refractivity contribution in [3.63, 3.8) is 0 Å². The second-order valence-electron chi connectivity index (χ2n) is 6.50. The van der Waals surface area contributed by atoms with Crippen LogP contribution in [-0.2, 0) is 19.3 Å². The van der Waals surface area contributed by atoms with Gasteiger partial charge in [0.1, 0.15) is 0 Å². The zero-order valence-electron chi connectivity index (χ0n) is 13.5. The Bertz CT molecular complexity index is 864. The maximum Gasteiger partial charge on any atom is 0.163 e. The Morgan fingerprint density at radius 2 is 2.04 bits per heavy atom. The van der Waals surface area contributed by atoms with Crippen molar-refractivity contribution in [2.75, 3.05) is 0 Å². The fraction of sp³-hybridized carbons (Fsp3) is 0.368. The van der Waals surface area contributed by atoms with Gasteiger partial charge in [-0.05, 0) is 54.9 Å². The number of benzene rings is 1. The van der Waals surface area contributed by atoms with E-state index >= 15 is 0 Å². The quantitative estimate of drug-likeness (QED) is 0.681. The molecule has 118 valence electrons. The van der Waals surface area contributed by atoms with Crippen LogP contribution in [0.1, 0.15) is 37.2 Å². The Hall–Kier alpha value is -1.87. The lowest BCUT2D eigenvalue weighted by atomic mass is 9.89. The molecule has 4 heteroatoms. The molecule has 1 aliphatic rings. The first kappa shape index (κ1) is 14.7. The number of aryl methyl sites for hydroxylation is 2. The van der Waals surface area contributed by atoms with Crippen molar-refractivity contribution in [3.05, 3.63) is 52.4 Å². The van der Waals surface area contributed by atoms with E-state index in [0.717, 1.165) is 52.7 Å². The monoisotopic (exact) mass is 325 g/mol. The smallest absolute Gasteiger partial charge is 0.163 e. The van der Waals surface area contributed by atoms with Crippen molar-refractivity contribution in [2.24, 2.45) is 5.92 Å². The molecule has 0 bridgehead atoms. The highest BCUT2D eigenvalue weighted by Gasteiger charge is 2.22. The van der Waals surface area contributed by atoms with Crippen molar-refractivity contribution in [3.8, 4) is 11.1 Å². The molecule has 0 fully saturated rings. The number of rotatable bonds is 2. The summed E-state index contributed by atoms with van der Waals surface area (Å²) < 4.78 is 2.09. The summed E-state index contributed by atoms with van der Waals surface area (Å²) in [6.07, 6.45) is 6.37. The molecular formula is C19H20ClN3. The Balaban J connectivity index is 1.96. The molecule has 1 unspecified atom stereocenters. The SMILES string of the molecule is CCc1nn2c3c(cnc2c1-c1ccc(Cl)cc1)CC(C)CC3. The molecule has 0 saturated carbocycles. The molecule has 0 amide bonds. The minimum atomic E-state index is 0.735. The van der Waals surface area contributed by atoms with Gasteiger partial charge in [0.15, 0.2) is 5.65 Å². The lowest BCUT2D eigenvalue weighted by molar-refractivity contribution is 0.485. The summed E-state index contributed by atoms with van der Waals surface area (Å²) in [5, 5.41) is 5.64. The highest BCUT2D eigenvalue weighted by atomic mass is 35.5. The molecule has 0 spiro atoms. The first-order valence-electron chi connectivity index (χ1n) is 8.31. The maximum absolute atomic E-state index is 6.04. The minimum Gasteiger partial charge on any atom is -0.236 e. The highest BCUT2D eigenvalue weighted by Crippen LogP contribution is 2.32. The van der Waals surface area contributed by atoms with Crippen LogP contribution in [-0.4, -0.2) is 14.6 Å². The zero-order chi connectivity index (χ0) is 16.0. The second-order valence-corrected chi connectivity index (χ2v) is 6.93. The van der Waals surface area contributed by atoms with Crippen molar-refractivity contribution in [2.45, 2.75) is 39.5 Å². The summed E-state index contributed by atoms with van der Waals surface area (Å²) in [5.74, 6) is 0.735. The summed E-state index contributed by atoms with van der Waals surface area (Å²) in [5.41, 5.74) is 7.04. The molecular weight excluding hydrogens is 306 g/mol. The van der Waals surface area contributed by atoms with E-state index in [9.17, 15) is 0 Å². The van der Waals surface area contributed by atoms with Crippen LogP contribution in [0.2, 0.25) is 5.02 Å². The van der Waals surface area contributed by atoms with E-state index in [0.29, 0.717) is 0 Å². The van der Waals surface area contributed by atoms with E-state index in [1.807, 2.05) is 12.1 Å². The van der Waals surface area contributed by atoms with Crippen LogP contribution in [0.5, 0.6) is 0 Å². The van der Waals surface area contributed by atoms with Gasteiger partial charge in [-0.15, -0.1) is 0 Å². The largest absolute Gasteiger partial charge is 0.236 e. The molecule has 1 aliphatic carbocycles. The molecule has 23 heavy (non-hydrogen) atoms. The third-order valence-corrected chi connectivity index (χ3v) is 5.06. The van der Waals surface area contributed by atoms with Crippen molar-refractivity contribution < 1.29 is 0 Å². The summed E-state index contributed by atoms with van der Waals surface area (Å²) in [4.78, 5) is 4.76. The molecule has 1 aromatic carbocycles. The predicted octanol–water partition coefficient (Wildman–Crippen LogP) is 4.74. The summed E-state index contributed by atoms with van der Waals surface area (Å²) in [7, 11) is 0. The van der Waals surface area contributed by atoms with Crippen LogP contribution in [0.25, 0.3) is 16.8 Å². The maximum atomic E-state index is 6.04. The predicted molar refractivity (Wildman–Crippen MR) is 94.0 cm³/mol. The van der Waals surface area contributed by atoms with Crippen molar-refractivity contribution >= 4 is 17.2 Å². The van der Waals surface area contributed by atoms with Gasteiger partial charge in [-0.25, -0.2) is 9.50 Å². The Kier molecular flexibility index (Phi) is 3.61. The van der Waals surface area contributed by atoms with E-state index in [4.69, 9.17) is 21.7 Å². The molecule has 3 nitrogen and oxygen atoms in total. The fourth-order valence-corrected chi connectivity index (χ4v) is 3.69. The highest BCUT2D eigenvalue weighted by molar-refractivity contribution is 6.30. The third-order valence-electron chi connectivity index (χ3n) is 4.81. The topological polar surface area (TPSA) is 30.2 Å². The Morgan fingerprint density at radius 3 is 2.78 bits per heavy atom. The number of hydrogen-bond donors (Lipinski definition) is 0. The molecule has 0 N–H and O–H groups in total. The molecule has 0 saturated heterocycles. The van der Waals surface area contributed by atoms with Crippen molar-refractivity contribution in [1.29, 1.82) is 0 Å². The number of fused-ring (bicyclic) bond motifs is 3. The van der Waals surface area contributed by atoms with Crippen LogP contribution in [0.4, 0.5) is 0 Å². The average molecular weight is 326 g/mol. The average Bonchev–Trinajstić information content (AvgIpc) is 2.94. The summed E-state index contributed by atoms with van der Waals surface area (Å²) >= 11 is 6.04. The summed E-state index contributed by atoms with van der Waals surface area (Å²) in [6.45, 7) is 4.46. The van der Waals surface area contributed by atoms with Crippen LogP contribution >= 0.6 is 11.6 Å². The van der Waals surface area contributed by atoms with Crippen LogP contribution in [0.3, 0.4) is 0 Å². The van der Waals surface area contributed by atoms with Gasteiger partial charge in [-0.1, -0.05) is 37.6 Å². The van der Waals surface area contributed by atoms with Gasteiger partial charge in [-0.2, -0.15) is 5.10 Å². The summed E-state index contributed by atoms with van der Waals surface area (Å²) in [6, 6.07) is 7.98. The lowest BCUT2D eigenvalue weighted by Crippen LogP contribution is -2.16. The molecule has 3 aromatic rings. The first-order valence-corrected chi connectivity index (χ1v) is 8.69. The van der Waals surface area contributed by atoms with Gasteiger partial charge < -0.3 is 0 Å². The fourth-order valence-electron chi connectivity index (χ4n) is 3.57. The normalized spacial score (nSPS) is 17.4. The van der Waals surface area contributed by atoms with Crippen LogP contribution in [0, 0.1) is 5.92 Å². The van der Waals surface area contributed by atoms with Crippen molar-refractivity contribution in [1.82, 2.24) is 14.6 Å². The molecule has 0 aliphatic heterocycles. The Labute approximate surface area is 141 Å². The van der Waals surface area contributed by atoms with Gasteiger partial charge in [0, 0.05) is 22.5 Å². The standard InChI is InChI=1S/C19H20ClN3/c1-3-16-18(13-5-7-15(20)8-6-13)19-21-11-14-10-12(2)4-9-17(14)23(19)22-16/h5-8,11-12H,3-4,9-10H2,1-2H3. The number of aromatic nitrogens is 3. The van der Waals surface area contributed by atoms with E-state index in [1.54, 1.807) is 0 Å². The van der Waals surface area contributed by atoms with E-state index in [2.05, 4.69) is 36.7 Å². The van der Waals surface area contributed by atoms with Gasteiger partial charge in [0.2, 0.25) is 0 Å². The van der Waals surface area contributed by atoms with Crippen LogP contribution in [0.15, 0.2) is 30.5 Å². The van der Waals surface area contributed by atoms with Gasteiger partial charge in [0.25, 0.3) is 0 Å². The third kappa shape index (κ3) is 2.43. The number of halogens is 1. The van der Waals surface area contributed by atoms with E-state index in [-0.39, 0.29) is 0 Å². The molecule has 2 heterocycles. The van der Waals surface area contributed by atoms with Crippen LogP contribution < -0.4 is 0 Å². The molecule has 2 aromatic heterocycles. The molecule has 4 rings (SSSR count). The zero-order valence-corrected chi connectivity index (χ0v) is 14.3. The van der Waals surface area contributed by atoms with Gasteiger partial charge in [0.05, 0.1) is 5.69 Å². The van der Waals surface area contributed by atoms with Gasteiger partial charge in [-0.3, -0.25) is 0 Å². The molecule has 0 radical (unpaired) electrons. The minimum absolute atomic E-state index is 0.735.